The standard InChI is InChI=1S/C33H32N6O6/c1-43-24-11-13-25(14-12-24)44-18-27-26(40)16-29(45-27)39-20-37-30-31(35-19-36-32(30)39)38-33(42)23-9-7-22(8-10-23)17-34-28(41)15-21-5-3-2-4-6-21/h2-14,19-20,26-27,29,40H,15-18H2,1H3,(H,34,41)(H,35,36,38,42)/t26?,27-,29-/m1/s1. The number of fused-ring (bicyclic) bond motifs is 1. The van der Waals surface area contributed by atoms with Crippen LogP contribution in [0, 0.1) is 0 Å². The van der Waals surface area contributed by atoms with E-state index in [4.69, 9.17) is 14.2 Å². The molecule has 1 saturated heterocycles. The van der Waals surface area contributed by atoms with Crippen LogP contribution in [-0.2, 0) is 22.5 Å². The van der Waals surface area contributed by atoms with Gasteiger partial charge >= 0.3 is 0 Å². The molecule has 12 heteroatoms. The molecule has 1 aliphatic heterocycles. The molecule has 3 heterocycles. The highest BCUT2D eigenvalue weighted by molar-refractivity contribution is 6.06. The molecule has 1 fully saturated rings. The van der Waals surface area contributed by atoms with Gasteiger partial charge in [0.2, 0.25) is 5.91 Å². The van der Waals surface area contributed by atoms with Crippen LogP contribution in [0.15, 0.2) is 91.5 Å². The van der Waals surface area contributed by atoms with Crippen LogP contribution in [0.1, 0.15) is 34.1 Å². The lowest BCUT2D eigenvalue weighted by Crippen LogP contribution is -2.28. The van der Waals surface area contributed by atoms with Crippen molar-refractivity contribution in [3.8, 4) is 11.5 Å². The first-order valence-corrected chi connectivity index (χ1v) is 14.5. The van der Waals surface area contributed by atoms with E-state index in [0.29, 0.717) is 41.9 Å². The van der Waals surface area contributed by atoms with Gasteiger partial charge in [0, 0.05) is 18.5 Å². The number of imidazole rings is 1. The molecule has 2 amide bonds. The average Bonchev–Trinajstić information content (AvgIpc) is 3.67. The van der Waals surface area contributed by atoms with E-state index < -0.39 is 18.4 Å². The van der Waals surface area contributed by atoms with Crippen molar-refractivity contribution in [2.24, 2.45) is 0 Å². The molecule has 3 N–H and O–H groups in total. The van der Waals surface area contributed by atoms with E-state index in [2.05, 4.69) is 25.6 Å². The lowest BCUT2D eigenvalue weighted by atomic mass is 10.1. The zero-order chi connectivity index (χ0) is 31.2. The second-order valence-electron chi connectivity index (χ2n) is 10.6. The average molecular weight is 609 g/mol. The molecule has 45 heavy (non-hydrogen) atoms. The number of hydrogen-bond donors (Lipinski definition) is 3. The van der Waals surface area contributed by atoms with Gasteiger partial charge in [-0.2, -0.15) is 0 Å². The number of ether oxygens (including phenoxy) is 3. The molecule has 2 aromatic heterocycles. The summed E-state index contributed by atoms with van der Waals surface area (Å²) in [7, 11) is 1.60. The van der Waals surface area contributed by atoms with Crippen LogP contribution in [0.3, 0.4) is 0 Å². The van der Waals surface area contributed by atoms with Crippen molar-refractivity contribution >= 4 is 28.8 Å². The van der Waals surface area contributed by atoms with Gasteiger partial charge in [0.25, 0.3) is 5.91 Å². The molecule has 1 unspecified atom stereocenters. The van der Waals surface area contributed by atoms with E-state index in [1.54, 1.807) is 66.5 Å². The molecule has 0 aliphatic carbocycles. The maximum Gasteiger partial charge on any atom is 0.256 e. The zero-order valence-corrected chi connectivity index (χ0v) is 24.5. The topological polar surface area (TPSA) is 150 Å². The Morgan fingerprint density at radius 2 is 1.71 bits per heavy atom. The van der Waals surface area contributed by atoms with Gasteiger partial charge in [-0.1, -0.05) is 42.5 Å². The summed E-state index contributed by atoms with van der Waals surface area (Å²) in [5.41, 5.74) is 3.07. The number of amides is 2. The predicted octanol–water partition coefficient (Wildman–Crippen LogP) is 3.67. The Labute approximate surface area is 259 Å². The number of nitrogens with one attached hydrogen (secondary N) is 2. The molecule has 3 atom stereocenters. The number of nitrogens with zero attached hydrogens (tertiary/aromatic N) is 4. The van der Waals surface area contributed by atoms with E-state index >= 15 is 0 Å². The van der Waals surface area contributed by atoms with Crippen LogP contribution in [0.2, 0.25) is 0 Å². The molecule has 230 valence electrons. The molecule has 0 bridgehead atoms. The number of aromatic nitrogens is 4. The number of carbonyl (C=O) groups is 2. The van der Waals surface area contributed by atoms with Crippen LogP contribution >= 0.6 is 0 Å². The van der Waals surface area contributed by atoms with Gasteiger partial charge in [-0.15, -0.1) is 0 Å². The Morgan fingerprint density at radius 3 is 2.47 bits per heavy atom. The van der Waals surface area contributed by atoms with E-state index in [9.17, 15) is 14.7 Å². The normalized spacial score (nSPS) is 17.6. The number of benzene rings is 3. The van der Waals surface area contributed by atoms with Crippen molar-refractivity contribution in [3.05, 3.63) is 108 Å². The Kier molecular flexibility index (Phi) is 8.94. The summed E-state index contributed by atoms with van der Waals surface area (Å²) >= 11 is 0. The van der Waals surface area contributed by atoms with Crippen molar-refractivity contribution in [1.82, 2.24) is 24.8 Å². The van der Waals surface area contributed by atoms with Crippen molar-refractivity contribution in [2.45, 2.75) is 37.8 Å². The monoisotopic (exact) mass is 608 g/mol. The minimum absolute atomic E-state index is 0.0786. The summed E-state index contributed by atoms with van der Waals surface area (Å²) < 4.78 is 18.8. The van der Waals surface area contributed by atoms with Crippen LogP contribution in [0.4, 0.5) is 5.82 Å². The number of aliphatic hydroxyl groups excluding tert-OH is 1. The number of carbonyl (C=O) groups excluding carboxylic acids is 2. The minimum Gasteiger partial charge on any atom is -0.497 e. The van der Waals surface area contributed by atoms with E-state index in [1.165, 1.54) is 6.33 Å². The Bertz CT molecular complexity index is 1760. The fourth-order valence-corrected chi connectivity index (χ4v) is 5.04. The predicted molar refractivity (Wildman–Crippen MR) is 165 cm³/mol. The van der Waals surface area contributed by atoms with Gasteiger partial charge in [-0.05, 0) is 47.5 Å². The lowest BCUT2D eigenvalue weighted by Gasteiger charge is -2.16. The molecular formula is C33H32N6O6. The third-order valence-corrected chi connectivity index (χ3v) is 7.49. The van der Waals surface area contributed by atoms with Crippen molar-refractivity contribution in [2.75, 3.05) is 19.0 Å². The van der Waals surface area contributed by atoms with Crippen LogP contribution in [0.25, 0.3) is 11.2 Å². The molecule has 0 saturated carbocycles. The molecule has 12 nitrogen and oxygen atoms in total. The largest absolute Gasteiger partial charge is 0.497 e. The molecule has 3 aromatic carbocycles. The number of methoxy groups -OCH3 is 1. The molecule has 1 aliphatic rings. The highest BCUT2D eigenvalue weighted by Gasteiger charge is 2.36. The maximum atomic E-state index is 13.1. The summed E-state index contributed by atoms with van der Waals surface area (Å²) in [6, 6.07) is 23.7. The van der Waals surface area contributed by atoms with Crippen molar-refractivity contribution in [3.63, 3.8) is 0 Å². The highest BCUT2D eigenvalue weighted by Crippen LogP contribution is 2.32. The van der Waals surface area contributed by atoms with Crippen LogP contribution in [0.5, 0.6) is 11.5 Å². The molecule has 5 aromatic rings. The SMILES string of the molecule is COc1ccc(OC[C@H]2O[C@@H](n3cnc4c(NC(=O)c5ccc(CNC(=O)Cc6ccccc6)cc5)ncnc43)CC2O)cc1. The Morgan fingerprint density at radius 1 is 0.956 bits per heavy atom. The van der Waals surface area contributed by atoms with Gasteiger partial charge in [0.15, 0.2) is 17.0 Å². The molecule has 6 rings (SSSR count). The fraction of sp³-hybridized carbons (Fsp3) is 0.242. The first-order valence-electron chi connectivity index (χ1n) is 14.5. The summed E-state index contributed by atoms with van der Waals surface area (Å²) in [5.74, 6) is 1.16. The van der Waals surface area contributed by atoms with E-state index in [1.807, 2.05) is 30.3 Å². The third-order valence-electron chi connectivity index (χ3n) is 7.49. The smallest absolute Gasteiger partial charge is 0.256 e. The molecule has 0 radical (unpaired) electrons. The van der Waals surface area contributed by atoms with E-state index in [-0.39, 0.29) is 24.2 Å². The lowest BCUT2D eigenvalue weighted by molar-refractivity contribution is -0.120. The second kappa shape index (κ2) is 13.5. The molecular weight excluding hydrogens is 576 g/mol. The first kappa shape index (κ1) is 29.7. The van der Waals surface area contributed by atoms with Crippen molar-refractivity contribution in [1.29, 1.82) is 0 Å². The maximum absolute atomic E-state index is 13.1. The van der Waals surface area contributed by atoms with Crippen LogP contribution < -0.4 is 20.1 Å². The fourth-order valence-electron chi connectivity index (χ4n) is 5.04. The first-order chi connectivity index (χ1) is 22.0. The highest BCUT2D eigenvalue weighted by atomic mass is 16.6. The Hall–Kier alpha value is -5.33. The third kappa shape index (κ3) is 7.08. The van der Waals surface area contributed by atoms with Gasteiger partial charge in [0.05, 0.1) is 26.0 Å². The summed E-state index contributed by atoms with van der Waals surface area (Å²) in [6.45, 7) is 0.510. The Balaban J connectivity index is 1.05. The number of aliphatic hydroxyl groups is 1. The summed E-state index contributed by atoms with van der Waals surface area (Å²) in [6.07, 6.45) is 1.66. The summed E-state index contributed by atoms with van der Waals surface area (Å²) in [5, 5.41) is 16.4. The van der Waals surface area contributed by atoms with Gasteiger partial charge in [0.1, 0.15) is 36.8 Å². The number of rotatable bonds is 11. The van der Waals surface area contributed by atoms with Gasteiger partial charge in [-0.3, -0.25) is 14.2 Å². The minimum atomic E-state index is -0.758. The number of hydrogen-bond acceptors (Lipinski definition) is 9. The van der Waals surface area contributed by atoms with Crippen molar-refractivity contribution < 1.29 is 28.9 Å². The molecule has 0 spiro atoms. The van der Waals surface area contributed by atoms with Crippen LogP contribution in [-0.4, -0.2) is 62.4 Å². The van der Waals surface area contributed by atoms with Gasteiger partial charge in [-0.25, -0.2) is 15.0 Å². The second-order valence-corrected chi connectivity index (χ2v) is 10.6. The summed E-state index contributed by atoms with van der Waals surface area (Å²) in [4.78, 5) is 38.3. The van der Waals surface area contributed by atoms with E-state index in [0.717, 1.165) is 16.9 Å². The quantitative estimate of drug-likeness (QED) is 0.204. The zero-order valence-electron chi connectivity index (χ0n) is 24.5. The van der Waals surface area contributed by atoms with Gasteiger partial charge < -0.3 is 30.0 Å². The number of anilines is 1.